The number of likely N-dealkylation sites (tertiary alicyclic amines) is 1. The molecule has 3 rings (SSSR count). The van der Waals surface area contributed by atoms with E-state index in [1.54, 1.807) is 18.2 Å². The first-order chi connectivity index (χ1) is 18.0. The number of guanidine groups is 1. The zero-order valence-corrected chi connectivity index (χ0v) is 24.8. The smallest absolute Gasteiger partial charge is 0.243 e. The number of rotatable bonds is 12. The molecule has 1 fully saturated rings. The molecule has 1 heterocycles. The molecular formula is C25H37Cl2N7O5S. The molecule has 40 heavy (non-hydrogen) atoms. The van der Waals surface area contributed by atoms with Crippen molar-refractivity contribution in [2.75, 3.05) is 38.6 Å². The van der Waals surface area contributed by atoms with E-state index in [0.29, 0.717) is 50.4 Å². The van der Waals surface area contributed by atoms with Gasteiger partial charge in [0.2, 0.25) is 21.8 Å². The molecule has 0 saturated carbocycles. The van der Waals surface area contributed by atoms with E-state index in [0.717, 1.165) is 11.1 Å². The standard InChI is InChI=1S/C25H35N7O5S.2ClH/c1-31(2)20-10-3-9-19-18(20)8-4-12-22(19)38(36,37)29-15-23(34)32-14-6-11-21(32)24(35)30-17(16-33)7-5-13-28-25(26)27;;/h3-4,8-10,12,16-17,21,29H,5-7,11,13-15H2,1-2H3,(H,30,35)(H4,26,27,28);2*1H/t17-,21-;;/m0../s1. The fraction of sp³-hybridized carbons (Fsp3) is 0.440. The summed E-state index contributed by atoms with van der Waals surface area (Å²) in [7, 11) is -0.279. The normalized spacial score (nSPS) is 15.3. The fourth-order valence-corrected chi connectivity index (χ4v) is 5.76. The maximum Gasteiger partial charge on any atom is 0.243 e. The van der Waals surface area contributed by atoms with Crippen molar-refractivity contribution in [2.24, 2.45) is 5.73 Å². The monoisotopic (exact) mass is 617 g/mol. The lowest BCUT2D eigenvalue weighted by molar-refractivity contribution is -0.138. The van der Waals surface area contributed by atoms with Gasteiger partial charge in [-0.1, -0.05) is 24.3 Å². The van der Waals surface area contributed by atoms with E-state index in [4.69, 9.17) is 11.1 Å². The van der Waals surface area contributed by atoms with Gasteiger partial charge in [0, 0.05) is 43.6 Å². The molecule has 6 N–H and O–H groups in total. The Morgan fingerprint density at radius 3 is 2.50 bits per heavy atom. The molecule has 0 aromatic heterocycles. The van der Waals surface area contributed by atoms with Crippen molar-refractivity contribution in [3.05, 3.63) is 36.4 Å². The lowest BCUT2D eigenvalue weighted by Gasteiger charge is -2.25. The molecule has 2 aromatic carbocycles. The van der Waals surface area contributed by atoms with Gasteiger partial charge in [-0.15, -0.1) is 24.8 Å². The van der Waals surface area contributed by atoms with E-state index in [1.165, 1.54) is 11.0 Å². The number of sulfonamides is 1. The van der Waals surface area contributed by atoms with Crippen LogP contribution in [0.25, 0.3) is 10.8 Å². The first kappa shape index (κ1) is 34.9. The highest BCUT2D eigenvalue weighted by Crippen LogP contribution is 2.30. The molecule has 1 aliphatic rings. The second-order valence-corrected chi connectivity index (χ2v) is 11.1. The molecule has 0 spiro atoms. The summed E-state index contributed by atoms with van der Waals surface area (Å²) in [5.41, 5.74) is 6.09. The molecule has 0 unspecified atom stereocenters. The third kappa shape index (κ3) is 8.68. The van der Waals surface area contributed by atoms with Crippen LogP contribution in [0.1, 0.15) is 25.7 Å². The van der Waals surface area contributed by atoms with Crippen LogP contribution in [-0.2, 0) is 24.4 Å². The number of halogens is 2. The van der Waals surface area contributed by atoms with Gasteiger partial charge in [0.15, 0.2) is 5.96 Å². The van der Waals surface area contributed by atoms with Crippen LogP contribution in [0, 0.1) is 5.41 Å². The second kappa shape index (κ2) is 15.6. The lowest BCUT2D eigenvalue weighted by atomic mass is 10.1. The summed E-state index contributed by atoms with van der Waals surface area (Å²) in [5, 5.41) is 13.7. The molecule has 2 atom stereocenters. The highest BCUT2D eigenvalue weighted by Gasteiger charge is 2.35. The number of nitrogens with one attached hydrogen (secondary N) is 4. The average molecular weight is 619 g/mol. The van der Waals surface area contributed by atoms with Crippen LogP contribution in [0.5, 0.6) is 0 Å². The van der Waals surface area contributed by atoms with Crippen molar-refractivity contribution < 1.29 is 22.8 Å². The van der Waals surface area contributed by atoms with Crippen molar-refractivity contribution >= 4 is 75.4 Å². The van der Waals surface area contributed by atoms with Gasteiger partial charge < -0.3 is 31.0 Å². The molecule has 1 aliphatic heterocycles. The summed E-state index contributed by atoms with van der Waals surface area (Å²) in [5.74, 6) is -1.15. The van der Waals surface area contributed by atoms with Crippen molar-refractivity contribution in [1.82, 2.24) is 20.3 Å². The van der Waals surface area contributed by atoms with E-state index in [1.807, 2.05) is 31.1 Å². The van der Waals surface area contributed by atoms with Gasteiger partial charge in [0.1, 0.15) is 12.3 Å². The number of nitrogens with zero attached hydrogens (tertiary/aromatic N) is 2. The maximum absolute atomic E-state index is 13.2. The van der Waals surface area contributed by atoms with Crippen LogP contribution in [0.15, 0.2) is 41.3 Å². The summed E-state index contributed by atoms with van der Waals surface area (Å²) in [6.07, 6.45) is 2.48. The van der Waals surface area contributed by atoms with Gasteiger partial charge in [-0.05, 0) is 37.8 Å². The van der Waals surface area contributed by atoms with Gasteiger partial charge in [0.25, 0.3) is 0 Å². The van der Waals surface area contributed by atoms with Crippen molar-refractivity contribution in [2.45, 2.75) is 42.7 Å². The van der Waals surface area contributed by atoms with E-state index in [-0.39, 0.29) is 35.7 Å². The highest BCUT2D eigenvalue weighted by molar-refractivity contribution is 7.89. The minimum absolute atomic E-state index is 0. The number of carbonyl (C=O) groups is 3. The average Bonchev–Trinajstić information content (AvgIpc) is 3.38. The Morgan fingerprint density at radius 2 is 1.85 bits per heavy atom. The Kier molecular flexibility index (Phi) is 13.6. The molecular weight excluding hydrogens is 581 g/mol. The molecule has 0 radical (unpaired) electrons. The Hall–Kier alpha value is -3.13. The molecule has 2 aromatic rings. The summed E-state index contributed by atoms with van der Waals surface area (Å²) in [4.78, 5) is 40.6. The van der Waals surface area contributed by atoms with E-state index < -0.39 is 40.5 Å². The minimum Gasteiger partial charge on any atom is -0.377 e. The van der Waals surface area contributed by atoms with E-state index >= 15 is 0 Å². The van der Waals surface area contributed by atoms with Crippen LogP contribution in [0.3, 0.4) is 0 Å². The number of carbonyl (C=O) groups excluding carboxylic acids is 3. The summed E-state index contributed by atoms with van der Waals surface area (Å²) in [6, 6.07) is 8.86. The highest BCUT2D eigenvalue weighted by atomic mass is 35.5. The number of fused-ring (bicyclic) bond motifs is 1. The number of nitrogens with two attached hydrogens (primary N) is 1. The Bertz CT molecular complexity index is 1310. The number of anilines is 1. The van der Waals surface area contributed by atoms with Crippen LogP contribution in [-0.4, -0.2) is 83.2 Å². The first-order valence-electron chi connectivity index (χ1n) is 12.4. The van der Waals surface area contributed by atoms with Crippen molar-refractivity contribution in [3.63, 3.8) is 0 Å². The van der Waals surface area contributed by atoms with Crippen LogP contribution in [0.4, 0.5) is 5.69 Å². The lowest BCUT2D eigenvalue weighted by Crippen LogP contribution is -2.51. The largest absolute Gasteiger partial charge is 0.377 e. The molecule has 12 nitrogen and oxygen atoms in total. The van der Waals surface area contributed by atoms with E-state index in [2.05, 4.69) is 15.4 Å². The number of hydrogen-bond donors (Lipinski definition) is 5. The van der Waals surface area contributed by atoms with Crippen LogP contribution < -0.4 is 26.0 Å². The number of hydrogen-bond acceptors (Lipinski definition) is 7. The summed E-state index contributed by atoms with van der Waals surface area (Å²) >= 11 is 0. The Labute approximate surface area is 246 Å². The predicted molar refractivity (Wildman–Crippen MR) is 160 cm³/mol. The molecule has 1 saturated heterocycles. The third-order valence-corrected chi connectivity index (χ3v) is 7.88. The summed E-state index contributed by atoms with van der Waals surface area (Å²) < 4.78 is 28.7. The molecule has 0 aliphatic carbocycles. The zero-order valence-electron chi connectivity index (χ0n) is 22.4. The molecule has 0 bridgehead atoms. The first-order valence-corrected chi connectivity index (χ1v) is 13.8. The number of amides is 2. The van der Waals surface area contributed by atoms with Crippen LogP contribution in [0.2, 0.25) is 0 Å². The Balaban J connectivity index is 0.00000400. The second-order valence-electron chi connectivity index (χ2n) is 9.33. The summed E-state index contributed by atoms with van der Waals surface area (Å²) in [6.45, 7) is 0.202. The predicted octanol–water partition coefficient (Wildman–Crippen LogP) is 0.966. The van der Waals surface area contributed by atoms with E-state index in [9.17, 15) is 22.8 Å². The quantitative estimate of drug-likeness (QED) is 0.101. The van der Waals surface area contributed by atoms with Crippen LogP contribution >= 0.6 is 24.8 Å². The Morgan fingerprint density at radius 1 is 1.18 bits per heavy atom. The molecule has 15 heteroatoms. The maximum atomic E-state index is 13.2. The zero-order chi connectivity index (χ0) is 27.9. The molecule has 222 valence electrons. The van der Waals surface area contributed by atoms with Gasteiger partial charge in [0.05, 0.1) is 17.5 Å². The van der Waals surface area contributed by atoms with Gasteiger partial charge in [-0.3, -0.25) is 15.0 Å². The number of benzene rings is 2. The minimum atomic E-state index is -4.03. The van der Waals surface area contributed by atoms with Crippen molar-refractivity contribution in [3.8, 4) is 0 Å². The third-order valence-electron chi connectivity index (χ3n) is 6.42. The van der Waals surface area contributed by atoms with Gasteiger partial charge in [-0.2, -0.15) is 0 Å². The fourth-order valence-electron chi connectivity index (χ4n) is 4.56. The number of aldehydes is 1. The van der Waals surface area contributed by atoms with Gasteiger partial charge >= 0.3 is 0 Å². The van der Waals surface area contributed by atoms with Gasteiger partial charge in [-0.25, -0.2) is 13.1 Å². The van der Waals surface area contributed by atoms with Crippen molar-refractivity contribution in [1.29, 1.82) is 5.41 Å². The SMILES string of the molecule is CN(C)c1cccc2c(S(=O)(=O)NCC(=O)N3CCC[C@H]3C(=O)N[C@H](C=O)CCCNC(=N)N)cccc12.Cl.Cl. The topological polar surface area (TPSA) is 178 Å². The molecule has 2 amide bonds.